The van der Waals surface area contributed by atoms with Crippen LogP contribution in [0, 0.1) is 5.82 Å². The molecule has 1 aromatic carbocycles. The molecule has 2 heterocycles. The number of aromatic nitrogens is 4. The van der Waals surface area contributed by atoms with Crippen molar-refractivity contribution in [1.29, 1.82) is 0 Å². The molecule has 11 heteroatoms. The third kappa shape index (κ3) is 3.94. The van der Waals surface area contributed by atoms with Gasteiger partial charge in [0.05, 0.1) is 11.6 Å². The van der Waals surface area contributed by atoms with Gasteiger partial charge in [0, 0.05) is 18.9 Å². The number of nitrogens with one attached hydrogen (secondary N) is 1. The minimum atomic E-state index is -4.73. The quantitative estimate of drug-likeness (QED) is 0.668. The summed E-state index contributed by atoms with van der Waals surface area (Å²) in [6.07, 6.45) is -2.23. The first-order valence-electron chi connectivity index (χ1n) is 7.32. The lowest BCUT2D eigenvalue weighted by molar-refractivity contribution is -0.159. The number of halogens is 4. The molecule has 0 spiro atoms. The Morgan fingerprint density at radius 2 is 1.77 bits per heavy atom. The minimum Gasteiger partial charge on any atom is -0.346 e. The average Bonchev–Trinajstić information content (AvgIpc) is 3.12. The Hall–Kier alpha value is -3.08. The van der Waals surface area contributed by atoms with Crippen molar-refractivity contribution in [2.45, 2.75) is 12.2 Å². The fourth-order valence-electron chi connectivity index (χ4n) is 2.10. The van der Waals surface area contributed by atoms with Crippen LogP contribution in [-0.4, -0.2) is 26.7 Å². The van der Waals surface area contributed by atoms with Crippen molar-refractivity contribution in [3.05, 3.63) is 53.9 Å². The highest BCUT2D eigenvalue weighted by Crippen LogP contribution is 2.29. The van der Waals surface area contributed by atoms with Gasteiger partial charge in [-0.1, -0.05) is 17.3 Å². The molecule has 136 valence electrons. The lowest BCUT2D eigenvalue weighted by atomic mass is 10.1. The number of rotatable bonds is 5. The Balaban J connectivity index is 1.74. The van der Waals surface area contributed by atoms with Gasteiger partial charge in [0.15, 0.2) is 0 Å². The second kappa shape index (κ2) is 7.04. The van der Waals surface area contributed by atoms with E-state index >= 15 is 0 Å². The molecule has 0 amide bonds. The highest BCUT2D eigenvalue weighted by atomic mass is 19.4. The predicted molar refractivity (Wildman–Crippen MR) is 82.1 cm³/mol. The van der Waals surface area contributed by atoms with Crippen molar-refractivity contribution < 1.29 is 22.1 Å². The first-order chi connectivity index (χ1) is 12.4. The molecule has 0 saturated heterocycles. The van der Waals surface area contributed by atoms with E-state index in [-0.39, 0.29) is 35.7 Å². The zero-order valence-electron chi connectivity index (χ0n) is 13.0. The summed E-state index contributed by atoms with van der Waals surface area (Å²) >= 11 is 0. The van der Waals surface area contributed by atoms with Crippen molar-refractivity contribution in [2.24, 2.45) is 5.73 Å². The smallest absolute Gasteiger partial charge is 0.346 e. The number of hydrogen-bond acceptors (Lipinski definition) is 7. The number of benzene rings is 1. The summed E-state index contributed by atoms with van der Waals surface area (Å²) in [5.41, 5.74) is 6.59. The molecule has 1 unspecified atom stereocenters. The van der Waals surface area contributed by atoms with Gasteiger partial charge in [-0.3, -0.25) is 0 Å². The van der Waals surface area contributed by atoms with E-state index in [0.29, 0.717) is 0 Å². The number of alkyl halides is 3. The Bertz CT molecular complexity index is 863. The van der Waals surface area contributed by atoms with Crippen LogP contribution in [0.15, 0.2) is 41.2 Å². The van der Waals surface area contributed by atoms with Crippen LogP contribution in [0.3, 0.4) is 0 Å². The Morgan fingerprint density at radius 1 is 1.12 bits per heavy atom. The summed E-state index contributed by atoms with van der Waals surface area (Å²) < 4.78 is 54.6. The van der Waals surface area contributed by atoms with Gasteiger partial charge >= 0.3 is 12.1 Å². The Kier molecular flexibility index (Phi) is 4.80. The normalized spacial score (nSPS) is 12.8. The molecule has 7 nitrogen and oxygen atoms in total. The second-order valence-electron chi connectivity index (χ2n) is 5.20. The van der Waals surface area contributed by atoms with E-state index in [1.165, 1.54) is 24.5 Å². The van der Waals surface area contributed by atoms with Crippen molar-refractivity contribution in [3.63, 3.8) is 0 Å². The van der Waals surface area contributed by atoms with Crippen LogP contribution in [0.1, 0.15) is 17.5 Å². The molecule has 0 aliphatic carbocycles. The summed E-state index contributed by atoms with van der Waals surface area (Å²) in [4.78, 5) is 11.3. The van der Waals surface area contributed by atoms with E-state index in [2.05, 4.69) is 29.9 Å². The molecule has 0 fully saturated rings. The van der Waals surface area contributed by atoms with E-state index in [4.69, 9.17) is 5.73 Å². The zero-order chi connectivity index (χ0) is 18.7. The maximum atomic E-state index is 13.0. The molecule has 0 radical (unpaired) electrons. The second-order valence-corrected chi connectivity index (χ2v) is 5.20. The number of nitrogens with two attached hydrogens (primary N) is 1. The lowest BCUT2D eigenvalue weighted by Gasteiger charge is -2.17. The molecule has 0 aliphatic rings. The molecular formula is C15H12F4N6O. The minimum absolute atomic E-state index is 0.154. The molecule has 0 saturated carbocycles. The zero-order valence-corrected chi connectivity index (χ0v) is 13.0. The summed E-state index contributed by atoms with van der Waals surface area (Å²) in [7, 11) is 0. The van der Waals surface area contributed by atoms with E-state index in [9.17, 15) is 17.6 Å². The maximum absolute atomic E-state index is 13.0. The highest BCUT2D eigenvalue weighted by molar-refractivity contribution is 5.52. The van der Waals surface area contributed by atoms with Gasteiger partial charge in [-0.2, -0.15) is 18.2 Å². The molecule has 3 rings (SSSR count). The van der Waals surface area contributed by atoms with Gasteiger partial charge in [-0.05, 0) is 17.7 Å². The van der Waals surface area contributed by atoms with Gasteiger partial charge in [0.2, 0.25) is 11.8 Å². The van der Waals surface area contributed by atoms with Crippen LogP contribution in [-0.2, 0) is 6.18 Å². The van der Waals surface area contributed by atoms with E-state index in [0.717, 1.165) is 5.56 Å². The molecule has 26 heavy (non-hydrogen) atoms. The largest absolute Gasteiger partial charge is 0.471 e. The van der Waals surface area contributed by atoms with Crippen LogP contribution in [0.25, 0.3) is 11.4 Å². The third-order valence-electron chi connectivity index (χ3n) is 3.39. The first kappa shape index (κ1) is 17.7. The maximum Gasteiger partial charge on any atom is 0.471 e. The van der Waals surface area contributed by atoms with Crippen LogP contribution in [0.2, 0.25) is 0 Å². The number of anilines is 1. The topological polar surface area (TPSA) is 103 Å². The monoisotopic (exact) mass is 368 g/mol. The third-order valence-corrected chi connectivity index (χ3v) is 3.39. The van der Waals surface area contributed by atoms with Gasteiger partial charge in [-0.15, -0.1) is 0 Å². The predicted octanol–water partition coefficient (Wildman–Crippen LogP) is 2.80. The molecule has 0 aliphatic heterocycles. The summed E-state index contributed by atoms with van der Waals surface area (Å²) in [6.45, 7) is 0.191. The molecule has 2 aromatic heterocycles. The lowest BCUT2D eigenvalue weighted by Crippen LogP contribution is -2.21. The molecular weight excluding hydrogens is 356 g/mol. The summed E-state index contributed by atoms with van der Waals surface area (Å²) in [5.74, 6) is -1.91. The standard InChI is InChI=1S/C15H12F4N6O/c16-10-3-1-8(2-4-10)11(5-20)23-14-21-6-9(7-22-14)12-24-13(26-25-12)15(17,18)19/h1-4,6-7,11H,5,20H2,(H,21,22,23). The summed E-state index contributed by atoms with van der Waals surface area (Å²) in [5, 5.41) is 6.21. The summed E-state index contributed by atoms with van der Waals surface area (Å²) in [6, 6.07) is 5.39. The van der Waals surface area contributed by atoms with Crippen LogP contribution < -0.4 is 11.1 Å². The van der Waals surface area contributed by atoms with Crippen LogP contribution in [0.4, 0.5) is 23.5 Å². The molecule has 1 atom stereocenters. The number of nitrogens with zero attached hydrogens (tertiary/aromatic N) is 4. The first-order valence-corrected chi connectivity index (χ1v) is 7.32. The molecule has 0 bridgehead atoms. The van der Waals surface area contributed by atoms with E-state index in [1.807, 2.05) is 0 Å². The van der Waals surface area contributed by atoms with Crippen molar-refractivity contribution in [3.8, 4) is 11.4 Å². The number of hydrogen-bond donors (Lipinski definition) is 2. The van der Waals surface area contributed by atoms with E-state index in [1.54, 1.807) is 12.1 Å². The van der Waals surface area contributed by atoms with Gasteiger partial charge in [0.25, 0.3) is 0 Å². The van der Waals surface area contributed by atoms with Crippen molar-refractivity contribution in [1.82, 2.24) is 20.1 Å². The fourth-order valence-corrected chi connectivity index (χ4v) is 2.10. The van der Waals surface area contributed by atoms with Gasteiger partial charge in [0.1, 0.15) is 5.82 Å². The Morgan fingerprint density at radius 3 is 2.31 bits per heavy atom. The average molecular weight is 368 g/mol. The molecule has 3 N–H and O–H groups in total. The highest BCUT2D eigenvalue weighted by Gasteiger charge is 2.38. The Labute approximate surface area is 144 Å². The van der Waals surface area contributed by atoms with Crippen molar-refractivity contribution in [2.75, 3.05) is 11.9 Å². The van der Waals surface area contributed by atoms with Gasteiger partial charge < -0.3 is 15.6 Å². The SMILES string of the molecule is NCC(Nc1ncc(-c2noc(C(F)(F)F)n2)cn1)c1ccc(F)cc1. The fraction of sp³-hybridized carbons (Fsp3) is 0.200. The van der Waals surface area contributed by atoms with Crippen molar-refractivity contribution >= 4 is 5.95 Å². The van der Waals surface area contributed by atoms with E-state index < -0.39 is 12.1 Å². The van der Waals surface area contributed by atoms with Crippen LogP contribution in [0.5, 0.6) is 0 Å². The molecule has 3 aromatic rings. The van der Waals surface area contributed by atoms with Crippen LogP contribution >= 0.6 is 0 Å². The van der Waals surface area contributed by atoms with Gasteiger partial charge in [-0.25, -0.2) is 14.4 Å².